The second-order valence-electron chi connectivity index (χ2n) is 17.7. The summed E-state index contributed by atoms with van der Waals surface area (Å²) in [4.78, 5) is 81.9. The number of imide groups is 1. The second kappa shape index (κ2) is 19.4. The number of fused-ring (bicyclic) bond motifs is 2. The number of imidazole rings is 1. The van der Waals surface area contributed by atoms with E-state index in [9.17, 15) is 33.2 Å². The van der Waals surface area contributed by atoms with Crippen molar-refractivity contribution in [3.8, 4) is 23.5 Å². The molecule has 4 N–H and O–H groups in total. The number of likely N-dealkylation sites (tertiary alicyclic amines) is 1. The van der Waals surface area contributed by atoms with Crippen LogP contribution in [0.3, 0.4) is 0 Å². The first-order valence-corrected chi connectivity index (χ1v) is 22.7. The van der Waals surface area contributed by atoms with Gasteiger partial charge in [0, 0.05) is 67.9 Å². The summed E-state index contributed by atoms with van der Waals surface area (Å²) in [6.07, 6.45) is 7.11. The number of hydrogen-bond acceptors (Lipinski definition) is 10. The van der Waals surface area contributed by atoms with Gasteiger partial charge in [-0.2, -0.15) is 0 Å². The van der Waals surface area contributed by atoms with Gasteiger partial charge in [0.1, 0.15) is 18.4 Å². The van der Waals surface area contributed by atoms with Crippen molar-refractivity contribution < 1.29 is 42.6 Å². The van der Waals surface area contributed by atoms with E-state index in [2.05, 4.69) is 27.5 Å². The Morgan fingerprint density at radius 2 is 1.74 bits per heavy atom. The van der Waals surface area contributed by atoms with Gasteiger partial charge in [0.15, 0.2) is 6.17 Å². The highest BCUT2D eigenvalue weighted by molar-refractivity contribution is 6.03. The number of nitrogens with two attached hydrogens (primary N) is 1. The molecule has 5 amide bonds. The fourth-order valence-electron chi connectivity index (χ4n) is 9.90. The Morgan fingerprint density at radius 1 is 0.969 bits per heavy atom. The summed E-state index contributed by atoms with van der Waals surface area (Å²) in [5.41, 5.74) is 8.61. The number of piperidine rings is 2. The van der Waals surface area contributed by atoms with E-state index in [0.717, 1.165) is 62.4 Å². The third-order valence-electron chi connectivity index (χ3n) is 13.7. The molecular weight excluding hydrogens is 838 g/mol. The number of ether oxygens (including phenoxy) is 3. The average molecular weight is 894 g/mol. The van der Waals surface area contributed by atoms with Crippen molar-refractivity contribution in [2.45, 2.75) is 102 Å². The van der Waals surface area contributed by atoms with Crippen molar-refractivity contribution in [2.75, 3.05) is 33.4 Å². The van der Waals surface area contributed by atoms with E-state index in [1.807, 2.05) is 30.0 Å². The third kappa shape index (κ3) is 9.45. The molecule has 8 rings (SSSR count). The minimum Gasteiger partial charge on any atom is -0.496 e. The molecule has 0 radical (unpaired) electrons. The van der Waals surface area contributed by atoms with Crippen molar-refractivity contribution in [3.63, 3.8) is 0 Å². The number of carbonyl (C=O) groups excluding carboxylic acids is 5. The SMILES string of the molecule is CCC1C(COc2ncc(C#C[C@H]3CC[C@H](C(=O)N4CCC(OCCCc5ccc6c(c5)n(C)c(=O)n6C5CCC(=O)NC5=O)CC4)CC3)c3cc(C(N)=O)c(OC)cc23)NC(=O)C1F. The first kappa shape index (κ1) is 45.3. The molecule has 344 valence electrons. The van der Waals surface area contributed by atoms with Gasteiger partial charge in [0.2, 0.25) is 23.6 Å². The third-order valence-corrected chi connectivity index (χ3v) is 13.7. The molecule has 5 heterocycles. The fraction of sp³-hybridized carbons (Fsp3) is 0.521. The number of halogens is 1. The molecule has 0 spiro atoms. The van der Waals surface area contributed by atoms with Gasteiger partial charge in [-0.1, -0.05) is 24.8 Å². The van der Waals surface area contributed by atoms with E-state index >= 15 is 0 Å². The number of hydrogen-bond donors (Lipinski definition) is 3. The van der Waals surface area contributed by atoms with Crippen LogP contribution in [0.25, 0.3) is 21.8 Å². The average Bonchev–Trinajstić information content (AvgIpc) is 3.73. The number of aryl methyl sites for hydroxylation is 2. The van der Waals surface area contributed by atoms with Crippen molar-refractivity contribution in [2.24, 2.45) is 30.5 Å². The zero-order chi connectivity index (χ0) is 45.9. The molecule has 2 aromatic heterocycles. The molecule has 4 atom stereocenters. The Kier molecular flexibility index (Phi) is 13.6. The van der Waals surface area contributed by atoms with Gasteiger partial charge in [-0.15, -0.1) is 0 Å². The van der Waals surface area contributed by atoms with E-state index in [4.69, 9.17) is 19.9 Å². The van der Waals surface area contributed by atoms with Gasteiger partial charge in [0.25, 0.3) is 11.8 Å². The summed E-state index contributed by atoms with van der Waals surface area (Å²) in [6.45, 7) is 3.71. The van der Waals surface area contributed by atoms with Crippen LogP contribution in [0.15, 0.2) is 41.3 Å². The van der Waals surface area contributed by atoms with Gasteiger partial charge in [-0.25, -0.2) is 14.2 Å². The normalized spacial score (nSPS) is 23.8. The van der Waals surface area contributed by atoms with Crippen molar-refractivity contribution in [1.82, 2.24) is 29.7 Å². The lowest BCUT2D eigenvalue weighted by Gasteiger charge is -2.35. The number of amides is 5. The van der Waals surface area contributed by atoms with Crippen LogP contribution in [0, 0.1) is 29.6 Å². The maximum Gasteiger partial charge on any atom is 0.329 e. The zero-order valence-electron chi connectivity index (χ0n) is 37.0. The topological polar surface area (TPSA) is 206 Å². The van der Waals surface area contributed by atoms with Gasteiger partial charge in [-0.05, 0) is 94.0 Å². The highest BCUT2D eigenvalue weighted by atomic mass is 19.1. The van der Waals surface area contributed by atoms with Gasteiger partial charge in [-0.3, -0.25) is 38.4 Å². The molecule has 4 unspecified atom stereocenters. The van der Waals surface area contributed by atoms with Crippen molar-refractivity contribution in [3.05, 3.63) is 63.7 Å². The maximum absolute atomic E-state index is 14.4. The number of primary amides is 1. The lowest BCUT2D eigenvalue weighted by molar-refractivity contribution is -0.139. The number of rotatable bonds is 13. The van der Waals surface area contributed by atoms with E-state index in [1.54, 1.807) is 29.9 Å². The Bertz CT molecular complexity index is 2630. The van der Waals surface area contributed by atoms with Crippen LogP contribution >= 0.6 is 0 Å². The molecule has 0 bridgehead atoms. The van der Waals surface area contributed by atoms with E-state index < -0.39 is 41.9 Å². The molecule has 4 aromatic rings. The van der Waals surface area contributed by atoms with Crippen LogP contribution in [0.4, 0.5) is 4.39 Å². The number of carbonyl (C=O) groups is 5. The van der Waals surface area contributed by atoms with E-state index in [1.165, 1.54) is 11.7 Å². The van der Waals surface area contributed by atoms with Crippen molar-refractivity contribution in [1.29, 1.82) is 0 Å². The maximum atomic E-state index is 14.4. The van der Waals surface area contributed by atoms with E-state index in [0.29, 0.717) is 54.4 Å². The number of nitrogens with zero attached hydrogens (tertiary/aromatic N) is 4. The number of pyridine rings is 1. The number of alkyl halides is 1. The summed E-state index contributed by atoms with van der Waals surface area (Å²) in [5.74, 6) is 4.70. The summed E-state index contributed by atoms with van der Waals surface area (Å²) in [5, 5.41) is 6.13. The van der Waals surface area contributed by atoms with Crippen LogP contribution in [0.5, 0.6) is 11.6 Å². The lowest BCUT2D eigenvalue weighted by atomic mass is 9.81. The van der Waals surface area contributed by atoms with Crippen LogP contribution in [0.1, 0.15) is 98.7 Å². The number of benzene rings is 2. The molecule has 4 aliphatic rings. The Balaban J connectivity index is 0.812. The van der Waals surface area contributed by atoms with Gasteiger partial charge >= 0.3 is 5.69 Å². The zero-order valence-corrected chi connectivity index (χ0v) is 37.0. The largest absolute Gasteiger partial charge is 0.496 e. The first-order valence-electron chi connectivity index (χ1n) is 22.7. The summed E-state index contributed by atoms with van der Waals surface area (Å²) in [6, 6.07) is 7.82. The second-order valence-corrected chi connectivity index (χ2v) is 17.7. The summed E-state index contributed by atoms with van der Waals surface area (Å²) in [7, 11) is 3.12. The summed E-state index contributed by atoms with van der Waals surface area (Å²) >= 11 is 0. The quantitative estimate of drug-likeness (QED) is 0.0999. The molecule has 4 fully saturated rings. The summed E-state index contributed by atoms with van der Waals surface area (Å²) < 4.78 is 35.3. The van der Waals surface area contributed by atoms with Crippen LogP contribution in [-0.2, 0) is 37.4 Å². The molecule has 1 aliphatic carbocycles. The molecular formula is C48H56FN7O9. The smallest absolute Gasteiger partial charge is 0.329 e. The molecule has 17 heteroatoms. The highest BCUT2D eigenvalue weighted by Crippen LogP contribution is 2.35. The van der Waals surface area contributed by atoms with Crippen LogP contribution in [0.2, 0.25) is 0 Å². The van der Waals surface area contributed by atoms with Crippen LogP contribution in [-0.4, -0.2) is 100 Å². The lowest BCUT2D eigenvalue weighted by Crippen LogP contribution is -2.44. The monoisotopic (exact) mass is 893 g/mol. The predicted octanol–water partition coefficient (Wildman–Crippen LogP) is 4.01. The Labute approximate surface area is 375 Å². The molecule has 2 aromatic carbocycles. The van der Waals surface area contributed by atoms with Gasteiger partial charge < -0.3 is 30.2 Å². The number of aromatic nitrogens is 3. The standard InChI is InChI=1S/C48H56FN7O9/c1-4-32-36(52-45(60)42(32)49)26-65-46-34-24-40(63-3)35(43(50)58)23-33(34)30(25-51-46)13-9-27-7-11-29(12-8-27)47(61)55-19-17-31(18-20-55)64-21-5-6-28-10-14-37-39(22-28)54(2)48(62)56(37)38-15-16-41(57)53-44(38)59/h10,14,22-25,27,29,31-32,36,38,42H,4-8,11-12,15-21,26H2,1-3H3,(H2,50,58)(H,52,60)(H,53,57,59)/t27-,29-,32?,36?,38?,42?. The molecule has 1 saturated carbocycles. The first-order chi connectivity index (χ1) is 31.3. The number of methoxy groups -OCH3 is 1. The van der Waals surface area contributed by atoms with E-state index in [-0.39, 0.29) is 65.7 Å². The molecule has 3 aliphatic heterocycles. The molecule has 16 nitrogen and oxygen atoms in total. The Morgan fingerprint density at radius 3 is 2.45 bits per heavy atom. The molecule has 3 saturated heterocycles. The molecule has 65 heavy (non-hydrogen) atoms. The highest BCUT2D eigenvalue weighted by Gasteiger charge is 2.42. The van der Waals surface area contributed by atoms with Crippen LogP contribution < -0.4 is 31.5 Å². The minimum atomic E-state index is -1.60. The fourth-order valence-corrected chi connectivity index (χ4v) is 9.90. The van der Waals surface area contributed by atoms with Gasteiger partial charge in [0.05, 0.1) is 41.4 Å². The van der Waals surface area contributed by atoms with Crippen molar-refractivity contribution >= 4 is 51.3 Å². The number of nitrogens with one attached hydrogen (secondary N) is 2. The minimum absolute atomic E-state index is 0.00581. The Hall–Kier alpha value is -6.28. The predicted molar refractivity (Wildman–Crippen MR) is 238 cm³/mol.